The van der Waals surface area contributed by atoms with E-state index in [0.29, 0.717) is 33.5 Å². The average molecular weight is 716 g/mol. The molecule has 0 atom stereocenters. The van der Waals surface area contributed by atoms with E-state index < -0.39 is 16.1 Å². The van der Waals surface area contributed by atoms with Gasteiger partial charge in [0.25, 0.3) is 5.91 Å². The van der Waals surface area contributed by atoms with Gasteiger partial charge in [0.05, 0.1) is 23.0 Å². The number of carbonyl (C=O) groups is 1. The number of halogens is 2. The summed E-state index contributed by atoms with van der Waals surface area (Å²) in [5, 5.41) is 0.988. The molecule has 2 fully saturated rings. The monoisotopic (exact) mass is 714 g/mol. The minimum absolute atomic E-state index is 0.282. The Morgan fingerprint density at radius 2 is 1.63 bits per heavy atom. The molecule has 5 aromatic rings. The van der Waals surface area contributed by atoms with E-state index in [-0.39, 0.29) is 6.54 Å². The van der Waals surface area contributed by atoms with E-state index >= 15 is 0 Å². The van der Waals surface area contributed by atoms with E-state index in [2.05, 4.69) is 36.4 Å². The second-order valence-corrected chi connectivity index (χ2v) is 15.1. The summed E-state index contributed by atoms with van der Waals surface area (Å²) in [6.07, 6.45) is 10.2. The van der Waals surface area contributed by atoms with Crippen LogP contribution in [-0.4, -0.2) is 37.0 Å². The third kappa shape index (κ3) is 7.64. The van der Waals surface area contributed by atoms with Crippen LogP contribution < -0.4 is 13.8 Å². The lowest BCUT2D eigenvalue weighted by molar-refractivity contribution is -0.117. The van der Waals surface area contributed by atoms with Gasteiger partial charge in [-0.2, -0.15) is 8.42 Å². The number of hydrogen-bond donors (Lipinski definition) is 1. The Labute approximate surface area is 296 Å². The van der Waals surface area contributed by atoms with E-state index in [1.165, 1.54) is 32.1 Å². The number of nitrogens with one attached hydrogen (secondary N) is 1. The number of hydrogen-bond acceptors (Lipinski definition) is 5. The fourth-order valence-corrected chi connectivity index (χ4v) is 8.30. The fourth-order valence-electron chi connectivity index (χ4n) is 6.65. The van der Waals surface area contributed by atoms with Crippen molar-refractivity contribution < 1.29 is 17.9 Å². The summed E-state index contributed by atoms with van der Waals surface area (Å²) in [5.41, 5.74) is 5.62. The summed E-state index contributed by atoms with van der Waals surface area (Å²) < 4.78 is 36.3. The highest BCUT2D eigenvalue weighted by Gasteiger charge is 2.34. The van der Waals surface area contributed by atoms with Gasteiger partial charge in [0.2, 0.25) is 0 Å². The summed E-state index contributed by atoms with van der Waals surface area (Å²) in [4.78, 5) is 16.9. The van der Waals surface area contributed by atoms with Crippen molar-refractivity contribution in [2.24, 2.45) is 5.92 Å². The molecule has 1 aliphatic carbocycles. The average Bonchev–Trinajstić information content (AvgIpc) is 3.64. The molecule has 1 saturated carbocycles. The second-order valence-electron chi connectivity index (χ2n) is 12.6. The first kappa shape index (κ1) is 33.2. The standard InChI is InChI=1S/C38H36Cl2N4O4S/c39-30-16-17-34(35(40)22-30)36-24-43(31-9-5-10-32(23-31)44-25-38(45)42-49(44,46)47)37(41-36)20-27-12-14-28(15-13-27)29-8-4-11-33(21-29)48-19-18-26-6-2-1-3-7-26/h4-5,8-17,21-24,26H,1-3,6-7,18-20,25H2,(H,42,45). The third-order valence-electron chi connectivity index (χ3n) is 9.21. The summed E-state index contributed by atoms with van der Waals surface area (Å²) in [6.45, 7) is 0.463. The summed E-state index contributed by atoms with van der Waals surface area (Å²) in [6, 6.07) is 28.9. The molecule has 1 aliphatic heterocycles. The van der Waals surface area contributed by atoms with Gasteiger partial charge >= 0.3 is 10.2 Å². The fraction of sp³-hybridized carbons (Fsp3) is 0.263. The van der Waals surface area contributed by atoms with Gasteiger partial charge in [-0.1, -0.05) is 97.8 Å². The molecule has 1 aromatic heterocycles. The van der Waals surface area contributed by atoms with E-state index in [4.69, 9.17) is 32.9 Å². The van der Waals surface area contributed by atoms with Crippen LogP contribution in [0.2, 0.25) is 10.0 Å². The van der Waals surface area contributed by atoms with Crippen molar-refractivity contribution in [3.63, 3.8) is 0 Å². The zero-order valence-corrected chi connectivity index (χ0v) is 29.1. The van der Waals surface area contributed by atoms with Crippen molar-refractivity contribution in [3.05, 3.63) is 119 Å². The maximum Gasteiger partial charge on any atom is 0.326 e. The number of nitrogens with zero attached hydrogens (tertiary/aromatic N) is 3. The first-order chi connectivity index (χ1) is 23.7. The van der Waals surface area contributed by atoms with Crippen molar-refractivity contribution in [2.75, 3.05) is 17.5 Å². The smallest absolute Gasteiger partial charge is 0.326 e. The largest absolute Gasteiger partial charge is 0.494 e. The van der Waals surface area contributed by atoms with E-state index in [9.17, 15) is 13.2 Å². The Hall–Kier alpha value is -4.31. The molecule has 2 heterocycles. The molecular weight excluding hydrogens is 679 g/mol. The maximum atomic E-state index is 12.6. The van der Waals surface area contributed by atoms with Crippen molar-refractivity contribution in [3.8, 4) is 33.8 Å². The van der Waals surface area contributed by atoms with Crippen molar-refractivity contribution in [1.29, 1.82) is 0 Å². The predicted molar refractivity (Wildman–Crippen MR) is 195 cm³/mol. The number of amides is 1. The number of anilines is 1. The molecule has 1 amide bonds. The van der Waals surface area contributed by atoms with E-state index in [0.717, 1.165) is 57.1 Å². The Bertz CT molecular complexity index is 2090. The van der Waals surface area contributed by atoms with Gasteiger partial charge in [-0.3, -0.25) is 4.79 Å². The van der Waals surface area contributed by atoms with Gasteiger partial charge in [0.1, 0.15) is 18.1 Å². The highest BCUT2D eigenvalue weighted by atomic mass is 35.5. The van der Waals surface area contributed by atoms with Crippen LogP contribution in [-0.2, 0) is 21.4 Å². The van der Waals surface area contributed by atoms with Gasteiger partial charge < -0.3 is 9.30 Å². The number of ether oxygens (including phenoxy) is 1. The van der Waals surface area contributed by atoms with E-state index in [1.807, 2.05) is 39.8 Å². The molecular formula is C38H36Cl2N4O4S. The van der Waals surface area contributed by atoms with Crippen LogP contribution in [0.15, 0.2) is 97.2 Å². The number of carbonyl (C=O) groups excluding carboxylic acids is 1. The molecule has 8 nitrogen and oxygen atoms in total. The lowest BCUT2D eigenvalue weighted by Crippen LogP contribution is -2.29. The van der Waals surface area contributed by atoms with Crippen LogP contribution in [0.25, 0.3) is 28.1 Å². The molecule has 0 unspecified atom stereocenters. The molecule has 0 bridgehead atoms. The predicted octanol–water partition coefficient (Wildman–Crippen LogP) is 8.63. The minimum atomic E-state index is -3.96. The molecule has 4 aromatic carbocycles. The van der Waals surface area contributed by atoms with Crippen LogP contribution in [0.4, 0.5) is 5.69 Å². The van der Waals surface area contributed by atoms with Crippen LogP contribution in [0.5, 0.6) is 5.75 Å². The van der Waals surface area contributed by atoms with Crippen LogP contribution in [0, 0.1) is 5.92 Å². The number of imidazole rings is 1. The highest BCUT2D eigenvalue weighted by molar-refractivity contribution is 7.92. The Morgan fingerprint density at radius 1 is 0.857 bits per heavy atom. The second kappa shape index (κ2) is 14.3. The molecule has 0 spiro atoms. The Balaban J connectivity index is 1.14. The molecule has 2 aliphatic rings. The molecule has 1 saturated heterocycles. The molecule has 0 radical (unpaired) electrons. The summed E-state index contributed by atoms with van der Waals surface area (Å²) in [7, 11) is -3.96. The highest BCUT2D eigenvalue weighted by Crippen LogP contribution is 2.33. The number of benzene rings is 4. The Kier molecular flexibility index (Phi) is 9.67. The van der Waals surface area contributed by atoms with Crippen molar-refractivity contribution >= 4 is 45.0 Å². The molecule has 7 rings (SSSR count). The van der Waals surface area contributed by atoms with Gasteiger partial charge in [0, 0.05) is 28.9 Å². The molecule has 252 valence electrons. The Morgan fingerprint density at radius 3 is 2.39 bits per heavy atom. The first-order valence-electron chi connectivity index (χ1n) is 16.5. The van der Waals surface area contributed by atoms with Crippen molar-refractivity contribution in [2.45, 2.75) is 44.9 Å². The van der Waals surface area contributed by atoms with Crippen LogP contribution in [0.1, 0.15) is 49.9 Å². The lowest BCUT2D eigenvalue weighted by Gasteiger charge is -2.21. The topological polar surface area (TPSA) is 93.5 Å². The van der Waals surface area contributed by atoms with E-state index in [1.54, 1.807) is 30.3 Å². The van der Waals surface area contributed by atoms with Gasteiger partial charge in [-0.15, -0.1) is 0 Å². The number of aromatic nitrogens is 2. The first-order valence-corrected chi connectivity index (χ1v) is 18.7. The minimum Gasteiger partial charge on any atom is -0.494 e. The third-order valence-corrected chi connectivity index (χ3v) is 11.2. The SMILES string of the molecule is O=C1CN(c2cccc(-n3cc(-c4ccc(Cl)cc4Cl)nc3Cc3ccc(-c4cccc(OCCC5CCCCC5)c4)cc3)c2)S(=O)(=O)N1. The van der Waals surface area contributed by atoms with Crippen LogP contribution >= 0.6 is 23.2 Å². The van der Waals surface area contributed by atoms with Gasteiger partial charge in [-0.05, 0) is 77.6 Å². The molecule has 49 heavy (non-hydrogen) atoms. The zero-order valence-electron chi connectivity index (χ0n) is 26.8. The normalized spacial score (nSPS) is 16.1. The lowest BCUT2D eigenvalue weighted by atomic mass is 9.87. The quantitative estimate of drug-likeness (QED) is 0.156. The maximum absolute atomic E-state index is 12.6. The molecule has 1 N–H and O–H groups in total. The van der Waals surface area contributed by atoms with Crippen LogP contribution in [0.3, 0.4) is 0 Å². The zero-order chi connectivity index (χ0) is 34.0. The molecule has 11 heteroatoms. The summed E-state index contributed by atoms with van der Waals surface area (Å²) >= 11 is 12.8. The summed E-state index contributed by atoms with van der Waals surface area (Å²) in [5.74, 6) is 1.81. The number of rotatable bonds is 10. The van der Waals surface area contributed by atoms with Gasteiger partial charge in [0.15, 0.2) is 0 Å². The van der Waals surface area contributed by atoms with Gasteiger partial charge in [-0.25, -0.2) is 14.0 Å². The van der Waals surface area contributed by atoms with Crippen molar-refractivity contribution in [1.82, 2.24) is 14.3 Å².